The summed E-state index contributed by atoms with van der Waals surface area (Å²) in [6, 6.07) is 2.70. The molecule has 0 aromatic carbocycles. The van der Waals surface area contributed by atoms with Crippen molar-refractivity contribution in [2.45, 2.75) is 17.9 Å². The van der Waals surface area contributed by atoms with Crippen molar-refractivity contribution in [3.63, 3.8) is 0 Å². The number of piperazine rings is 1. The number of nitrogens with two attached hydrogens (primary N) is 1. The molecule has 13 heteroatoms. The first-order valence-electron chi connectivity index (χ1n) is 11.0. The molecule has 0 atom stereocenters. The first-order chi connectivity index (χ1) is 16.3. The third-order valence-electron chi connectivity index (χ3n) is 6.10. The molecule has 1 aliphatic carbocycles. The summed E-state index contributed by atoms with van der Waals surface area (Å²) in [6.45, 7) is 5.94. The Morgan fingerprint density at radius 3 is 2.59 bits per heavy atom. The lowest BCUT2D eigenvalue weighted by Crippen LogP contribution is -2.46. The van der Waals surface area contributed by atoms with Gasteiger partial charge < -0.3 is 15.1 Å². The highest BCUT2D eigenvalue weighted by Gasteiger charge is 2.33. The molecule has 0 spiro atoms. The van der Waals surface area contributed by atoms with Gasteiger partial charge in [0.1, 0.15) is 5.00 Å². The first-order valence-corrected chi connectivity index (χ1v) is 13.4. The van der Waals surface area contributed by atoms with E-state index in [0.717, 1.165) is 68.4 Å². The zero-order valence-corrected chi connectivity index (χ0v) is 20.4. The first kappa shape index (κ1) is 23.1. The van der Waals surface area contributed by atoms with Crippen molar-refractivity contribution in [1.82, 2.24) is 24.1 Å². The summed E-state index contributed by atoms with van der Waals surface area (Å²) in [5.41, 5.74) is 3.78. The van der Waals surface area contributed by atoms with E-state index in [1.165, 1.54) is 35.4 Å². The average Bonchev–Trinajstić information content (AvgIpc) is 3.55. The molecule has 0 bridgehead atoms. The van der Waals surface area contributed by atoms with Gasteiger partial charge in [-0.1, -0.05) is 0 Å². The molecule has 180 valence electrons. The third-order valence-corrected chi connectivity index (χ3v) is 7.68. The molecule has 0 unspecified atom stereocenters. The molecule has 34 heavy (non-hydrogen) atoms. The topological polar surface area (TPSA) is 137 Å². The van der Waals surface area contributed by atoms with Gasteiger partial charge in [-0.15, -0.1) is 0 Å². The number of nitrogens with one attached hydrogen (secondary N) is 1. The average molecular weight is 503 g/mol. The molecular formula is C21H26N8O3S2. The number of hydrogen-bond acceptors (Lipinski definition) is 10. The van der Waals surface area contributed by atoms with Crippen LogP contribution in [-0.4, -0.2) is 91.0 Å². The lowest BCUT2D eigenvalue weighted by atomic mass is 10.1. The summed E-state index contributed by atoms with van der Waals surface area (Å²) in [7, 11) is -1.76. The van der Waals surface area contributed by atoms with Crippen LogP contribution in [0, 0.1) is 0 Å². The number of amides is 1. The number of carbonyl (C=O) groups excluding carboxylic acids is 1. The van der Waals surface area contributed by atoms with E-state index in [0.29, 0.717) is 11.4 Å². The number of primary sulfonamides is 1. The van der Waals surface area contributed by atoms with Crippen molar-refractivity contribution in [2.75, 3.05) is 51.6 Å². The predicted molar refractivity (Wildman–Crippen MR) is 131 cm³/mol. The van der Waals surface area contributed by atoms with Gasteiger partial charge in [-0.3, -0.25) is 9.69 Å². The van der Waals surface area contributed by atoms with Gasteiger partial charge in [0.2, 0.25) is 0 Å². The lowest BCUT2D eigenvalue weighted by molar-refractivity contribution is 0.102. The molecule has 5 rings (SSSR count). The molecule has 1 saturated heterocycles. The molecule has 11 nitrogen and oxygen atoms in total. The van der Waals surface area contributed by atoms with Crippen molar-refractivity contribution in [1.29, 1.82) is 0 Å². The van der Waals surface area contributed by atoms with E-state index in [2.05, 4.69) is 41.4 Å². The zero-order valence-electron chi connectivity index (χ0n) is 18.8. The quantitative estimate of drug-likeness (QED) is 0.601. The molecule has 1 saturated carbocycles. The fourth-order valence-electron chi connectivity index (χ4n) is 4.04. The number of hydrogen-bond donors (Lipinski definition) is 2. The normalized spacial score (nSPS) is 18.8. The van der Waals surface area contributed by atoms with Gasteiger partial charge in [0.15, 0.2) is 10.7 Å². The molecule has 3 N–H and O–H groups in total. The summed E-state index contributed by atoms with van der Waals surface area (Å²) in [5.74, 6) is -0.391. The summed E-state index contributed by atoms with van der Waals surface area (Å²) in [4.78, 5) is 28.5. The van der Waals surface area contributed by atoms with Crippen molar-refractivity contribution in [2.24, 2.45) is 10.1 Å². The van der Waals surface area contributed by atoms with E-state index in [-0.39, 0.29) is 5.03 Å². The van der Waals surface area contributed by atoms with Crippen LogP contribution < -0.4 is 10.5 Å². The van der Waals surface area contributed by atoms with Crippen molar-refractivity contribution in [3.8, 4) is 0 Å². The van der Waals surface area contributed by atoms with Crippen LogP contribution in [0.1, 0.15) is 28.9 Å². The second-order valence-corrected chi connectivity index (χ2v) is 10.9. The largest absolute Gasteiger partial charge is 0.330 e. The number of anilines is 1. The van der Waals surface area contributed by atoms with Crippen LogP contribution in [0.5, 0.6) is 0 Å². The maximum absolute atomic E-state index is 13.1. The molecule has 3 aliphatic rings. The molecule has 2 aromatic rings. The van der Waals surface area contributed by atoms with Crippen molar-refractivity contribution < 1.29 is 13.2 Å². The maximum atomic E-state index is 13.1. The Morgan fingerprint density at radius 2 is 1.94 bits per heavy atom. The van der Waals surface area contributed by atoms with Crippen LogP contribution >= 0.6 is 11.5 Å². The molecule has 4 heterocycles. The van der Waals surface area contributed by atoms with Gasteiger partial charge >= 0.3 is 0 Å². The van der Waals surface area contributed by atoms with Gasteiger partial charge in [-0.05, 0) is 49.1 Å². The Kier molecular flexibility index (Phi) is 6.20. The Hall–Kier alpha value is -2.71. The lowest BCUT2D eigenvalue weighted by Gasteiger charge is -2.34. The Morgan fingerprint density at radius 1 is 1.18 bits per heavy atom. The maximum Gasteiger partial charge on any atom is 0.276 e. The number of nitrogens with zero attached hydrogens (tertiary/aromatic N) is 6. The van der Waals surface area contributed by atoms with Gasteiger partial charge in [-0.25, -0.2) is 23.5 Å². The fourth-order valence-corrected chi connectivity index (χ4v) is 5.23. The second-order valence-electron chi connectivity index (χ2n) is 8.63. The van der Waals surface area contributed by atoms with E-state index >= 15 is 0 Å². The summed E-state index contributed by atoms with van der Waals surface area (Å²) in [5, 5.41) is 8.30. The smallest absolute Gasteiger partial charge is 0.276 e. The molecule has 2 aromatic heterocycles. The second kappa shape index (κ2) is 9.15. The van der Waals surface area contributed by atoms with Crippen LogP contribution in [-0.2, 0) is 10.0 Å². The number of aromatic nitrogens is 2. The van der Waals surface area contributed by atoms with Gasteiger partial charge in [0.05, 0.1) is 29.5 Å². The molecule has 1 amide bonds. The molecule has 2 aliphatic heterocycles. The summed E-state index contributed by atoms with van der Waals surface area (Å²) in [6.07, 6.45) is 5.12. The van der Waals surface area contributed by atoms with E-state index in [4.69, 9.17) is 5.14 Å². The third kappa shape index (κ3) is 4.88. The predicted octanol–water partition coefficient (Wildman–Crippen LogP) is 1.17. The number of rotatable bonds is 6. The number of likely N-dealkylation sites (N-methyl/N-ethyl adjacent to an activating group) is 1. The standard InChI is InChI=1S/C21H26N8O3S2/c1-27-6-8-28(9-7-27)10-11-29-13-24-21-17(19(29)14-2-3-14)18(26-33-21)20(30)25-15-4-5-16(23-12-15)34(22,31)32/h4-5,12-13H,2-3,6-11H2,1H3,(H,25,30)(H2,22,31,32). The monoisotopic (exact) mass is 502 g/mol. The SMILES string of the molecule is CN1CCN(CCN2C=Nc3snc(C(=O)Nc4ccc(S(N)(=O)=O)nc4)c3C2=C2CC2)CC1. The number of aliphatic imine (C=N–C) groups is 1. The van der Waals surface area contributed by atoms with Crippen molar-refractivity contribution >= 4 is 50.2 Å². The highest BCUT2D eigenvalue weighted by atomic mass is 32.2. The minimum atomic E-state index is -3.90. The van der Waals surface area contributed by atoms with Gasteiger partial charge in [0, 0.05) is 39.3 Å². The zero-order chi connectivity index (χ0) is 23.9. The fraction of sp³-hybridized carbons (Fsp3) is 0.429. The van der Waals surface area contributed by atoms with Crippen LogP contribution in [0.15, 0.2) is 33.9 Å². The van der Waals surface area contributed by atoms with Gasteiger partial charge in [0.25, 0.3) is 15.9 Å². The van der Waals surface area contributed by atoms with Crippen LogP contribution in [0.3, 0.4) is 0 Å². The highest BCUT2D eigenvalue weighted by Crippen LogP contribution is 2.45. The van der Waals surface area contributed by atoms with E-state index in [9.17, 15) is 13.2 Å². The van der Waals surface area contributed by atoms with E-state index < -0.39 is 15.9 Å². The summed E-state index contributed by atoms with van der Waals surface area (Å²) < 4.78 is 27.2. The van der Waals surface area contributed by atoms with Crippen LogP contribution in [0.2, 0.25) is 0 Å². The Balaban J connectivity index is 1.34. The Labute approximate surface area is 202 Å². The number of allylic oxidation sites excluding steroid dienone is 1. The molecule has 2 fully saturated rings. The van der Waals surface area contributed by atoms with E-state index in [1.807, 2.05) is 6.34 Å². The van der Waals surface area contributed by atoms with Crippen LogP contribution in [0.25, 0.3) is 5.70 Å². The summed E-state index contributed by atoms with van der Waals surface area (Å²) >= 11 is 1.20. The number of carbonyl (C=O) groups is 1. The minimum absolute atomic E-state index is 0.261. The van der Waals surface area contributed by atoms with Crippen molar-refractivity contribution in [3.05, 3.63) is 35.2 Å². The van der Waals surface area contributed by atoms with E-state index in [1.54, 1.807) is 0 Å². The highest BCUT2D eigenvalue weighted by molar-refractivity contribution is 7.89. The Bertz CT molecular complexity index is 1260. The number of sulfonamides is 1. The number of fused-ring (bicyclic) bond motifs is 1. The van der Waals surface area contributed by atoms with Crippen LogP contribution in [0.4, 0.5) is 10.7 Å². The number of pyridine rings is 1. The molecule has 0 radical (unpaired) electrons. The molecular weight excluding hydrogens is 476 g/mol. The minimum Gasteiger partial charge on any atom is -0.330 e. The van der Waals surface area contributed by atoms with Gasteiger partial charge in [-0.2, -0.15) is 4.37 Å².